The van der Waals surface area contributed by atoms with Gasteiger partial charge >= 0.3 is 0 Å². The van der Waals surface area contributed by atoms with Crippen LogP contribution in [0.3, 0.4) is 0 Å². The summed E-state index contributed by atoms with van der Waals surface area (Å²) in [5, 5.41) is 12.7. The van der Waals surface area contributed by atoms with E-state index in [1.807, 2.05) is 31.2 Å². The summed E-state index contributed by atoms with van der Waals surface area (Å²) in [6, 6.07) is 8.01. The van der Waals surface area contributed by atoms with Gasteiger partial charge in [0.15, 0.2) is 0 Å². The third-order valence-electron chi connectivity index (χ3n) is 2.75. The van der Waals surface area contributed by atoms with E-state index in [1.54, 1.807) is 6.08 Å². The molecule has 3 heteroatoms. The van der Waals surface area contributed by atoms with E-state index in [9.17, 15) is 5.11 Å². The van der Waals surface area contributed by atoms with Crippen LogP contribution in [0.25, 0.3) is 0 Å². The summed E-state index contributed by atoms with van der Waals surface area (Å²) in [5.74, 6) is 0.861. The van der Waals surface area contributed by atoms with Crippen LogP contribution in [-0.2, 0) is 6.54 Å². The third-order valence-corrected chi connectivity index (χ3v) is 2.75. The van der Waals surface area contributed by atoms with Crippen LogP contribution < -0.4 is 10.1 Å². The van der Waals surface area contributed by atoms with Crippen LogP contribution in [0.4, 0.5) is 0 Å². The van der Waals surface area contributed by atoms with Gasteiger partial charge in [-0.1, -0.05) is 31.7 Å². The van der Waals surface area contributed by atoms with Gasteiger partial charge < -0.3 is 15.2 Å². The Bertz CT molecular complexity index is 335. The molecular weight excluding hydrogens is 226 g/mol. The molecule has 3 nitrogen and oxygen atoms in total. The molecule has 0 saturated heterocycles. The molecule has 0 aromatic heterocycles. The number of nitrogens with one attached hydrogen (secondary N) is 1. The molecule has 0 aliphatic heterocycles. The molecule has 0 amide bonds. The lowest BCUT2D eigenvalue weighted by molar-refractivity contribution is 0.159. The molecule has 0 bridgehead atoms. The summed E-state index contributed by atoms with van der Waals surface area (Å²) >= 11 is 0. The predicted octanol–water partition coefficient (Wildman–Crippen LogP) is 2.50. The fourth-order valence-electron chi connectivity index (χ4n) is 1.56. The summed E-state index contributed by atoms with van der Waals surface area (Å²) in [6.07, 6.45) is 3.16. The Balaban J connectivity index is 2.24. The Labute approximate surface area is 109 Å². The van der Waals surface area contributed by atoms with Gasteiger partial charge in [0.2, 0.25) is 0 Å². The fraction of sp³-hybridized carbons (Fsp3) is 0.467. The predicted molar refractivity (Wildman–Crippen MR) is 74.8 cm³/mol. The van der Waals surface area contributed by atoms with Crippen molar-refractivity contribution in [1.29, 1.82) is 0 Å². The Kier molecular flexibility index (Phi) is 7.14. The molecule has 18 heavy (non-hydrogen) atoms. The molecule has 1 unspecified atom stereocenters. The van der Waals surface area contributed by atoms with E-state index >= 15 is 0 Å². The molecule has 0 aliphatic carbocycles. The fourth-order valence-corrected chi connectivity index (χ4v) is 1.56. The summed E-state index contributed by atoms with van der Waals surface area (Å²) in [4.78, 5) is 0. The maximum atomic E-state index is 9.41. The van der Waals surface area contributed by atoms with Crippen molar-refractivity contribution in [2.75, 3.05) is 13.2 Å². The van der Waals surface area contributed by atoms with Gasteiger partial charge in [-0.3, -0.25) is 0 Å². The van der Waals surface area contributed by atoms with Crippen molar-refractivity contribution in [1.82, 2.24) is 5.32 Å². The van der Waals surface area contributed by atoms with E-state index in [4.69, 9.17) is 4.74 Å². The Hall–Kier alpha value is -1.32. The maximum Gasteiger partial charge on any atom is 0.119 e. The van der Waals surface area contributed by atoms with Crippen LogP contribution in [0.15, 0.2) is 36.9 Å². The molecule has 0 fully saturated rings. The first-order chi connectivity index (χ1) is 8.76. The van der Waals surface area contributed by atoms with Gasteiger partial charge in [-0.05, 0) is 37.1 Å². The smallest absolute Gasteiger partial charge is 0.119 e. The summed E-state index contributed by atoms with van der Waals surface area (Å²) < 4.78 is 5.41. The van der Waals surface area contributed by atoms with E-state index in [-0.39, 0.29) is 6.10 Å². The van der Waals surface area contributed by atoms with Gasteiger partial charge in [-0.25, -0.2) is 0 Å². The highest BCUT2D eigenvalue weighted by Crippen LogP contribution is 2.12. The monoisotopic (exact) mass is 249 g/mol. The second kappa shape index (κ2) is 8.72. The van der Waals surface area contributed by atoms with E-state index in [1.165, 1.54) is 5.56 Å². The molecule has 1 atom stereocenters. The van der Waals surface area contributed by atoms with Crippen LogP contribution in [0.2, 0.25) is 0 Å². The van der Waals surface area contributed by atoms with Gasteiger partial charge in [0.05, 0.1) is 6.10 Å². The minimum Gasteiger partial charge on any atom is -0.490 e. The van der Waals surface area contributed by atoms with Crippen molar-refractivity contribution in [3.8, 4) is 5.75 Å². The van der Waals surface area contributed by atoms with Gasteiger partial charge in [-0.15, -0.1) is 0 Å². The second-order valence-corrected chi connectivity index (χ2v) is 4.27. The highest BCUT2D eigenvalue weighted by atomic mass is 16.5. The molecule has 2 N–H and O–H groups in total. The Morgan fingerprint density at radius 1 is 1.39 bits per heavy atom. The standard InChI is InChI=1S/C15H23NO2/c1-3-11-18-15-7-5-13(6-8-15)12-16-10-9-14(17)4-2/h3,5-8,14,16-17H,1,4,9-12H2,2H3. The Morgan fingerprint density at radius 3 is 2.72 bits per heavy atom. The van der Waals surface area contributed by atoms with E-state index in [0.29, 0.717) is 6.61 Å². The van der Waals surface area contributed by atoms with Crippen LogP contribution in [-0.4, -0.2) is 24.4 Å². The highest BCUT2D eigenvalue weighted by Gasteiger charge is 1.99. The van der Waals surface area contributed by atoms with Crippen LogP contribution in [0, 0.1) is 0 Å². The van der Waals surface area contributed by atoms with Crippen molar-refractivity contribution < 1.29 is 9.84 Å². The molecule has 0 spiro atoms. The molecule has 0 heterocycles. The quantitative estimate of drug-likeness (QED) is 0.522. The van der Waals surface area contributed by atoms with Crippen molar-refractivity contribution in [3.05, 3.63) is 42.5 Å². The van der Waals surface area contributed by atoms with Gasteiger partial charge in [0.25, 0.3) is 0 Å². The van der Waals surface area contributed by atoms with E-state index in [0.717, 1.165) is 31.7 Å². The van der Waals surface area contributed by atoms with E-state index < -0.39 is 0 Å². The molecule has 1 rings (SSSR count). The lowest BCUT2D eigenvalue weighted by atomic mass is 10.2. The maximum absolute atomic E-state index is 9.41. The minimum absolute atomic E-state index is 0.188. The number of aliphatic hydroxyl groups is 1. The second-order valence-electron chi connectivity index (χ2n) is 4.27. The number of benzene rings is 1. The van der Waals surface area contributed by atoms with Crippen molar-refractivity contribution in [3.63, 3.8) is 0 Å². The molecule has 0 saturated carbocycles. The number of aliphatic hydroxyl groups excluding tert-OH is 1. The van der Waals surface area contributed by atoms with Crippen molar-refractivity contribution in [2.24, 2.45) is 0 Å². The van der Waals surface area contributed by atoms with Gasteiger partial charge in [0.1, 0.15) is 12.4 Å². The molecular formula is C15H23NO2. The number of ether oxygens (including phenoxy) is 1. The molecule has 1 aromatic carbocycles. The zero-order chi connectivity index (χ0) is 13.2. The Morgan fingerprint density at radius 2 is 2.11 bits per heavy atom. The average Bonchev–Trinajstić information content (AvgIpc) is 2.42. The van der Waals surface area contributed by atoms with Gasteiger partial charge in [0, 0.05) is 6.54 Å². The lowest BCUT2D eigenvalue weighted by Crippen LogP contribution is -2.19. The number of hydrogen-bond acceptors (Lipinski definition) is 3. The molecule has 100 valence electrons. The average molecular weight is 249 g/mol. The summed E-state index contributed by atoms with van der Waals surface area (Å²) in [7, 11) is 0. The SMILES string of the molecule is C=CCOc1ccc(CNCCC(O)CC)cc1. The van der Waals surface area contributed by atoms with Crippen molar-refractivity contribution in [2.45, 2.75) is 32.4 Å². The van der Waals surface area contributed by atoms with Crippen LogP contribution in [0.1, 0.15) is 25.3 Å². The van der Waals surface area contributed by atoms with Crippen LogP contribution in [0.5, 0.6) is 5.75 Å². The van der Waals surface area contributed by atoms with Crippen LogP contribution >= 0.6 is 0 Å². The first-order valence-corrected chi connectivity index (χ1v) is 6.47. The summed E-state index contributed by atoms with van der Waals surface area (Å²) in [6.45, 7) is 7.79. The minimum atomic E-state index is -0.188. The zero-order valence-electron chi connectivity index (χ0n) is 11.1. The largest absolute Gasteiger partial charge is 0.490 e. The molecule has 0 aliphatic rings. The number of hydrogen-bond donors (Lipinski definition) is 2. The third kappa shape index (κ3) is 5.84. The van der Waals surface area contributed by atoms with E-state index in [2.05, 4.69) is 11.9 Å². The normalized spacial score (nSPS) is 12.1. The number of rotatable bonds is 9. The molecule has 0 radical (unpaired) electrons. The summed E-state index contributed by atoms with van der Waals surface area (Å²) in [5.41, 5.74) is 1.21. The first kappa shape index (κ1) is 14.7. The van der Waals surface area contributed by atoms with Crippen molar-refractivity contribution >= 4 is 0 Å². The topological polar surface area (TPSA) is 41.5 Å². The first-order valence-electron chi connectivity index (χ1n) is 6.47. The highest BCUT2D eigenvalue weighted by molar-refractivity contribution is 5.27. The molecule has 1 aromatic rings. The lowest BCUT2D eigenvalue weighted by Gasteiger charge is -2.09. The zero-order valence-corrected chi connectivity index (χ0v) is 11.1. The van der Waals surface area contributed by atoms with Gasteiger partial charge in [-0.2, -0.15) is 0 Å².